The van der Waals surface area contributed by atoms with Crippen molar-refractivity contribution in [3.63, 3.8) is 0 Å². The summed E-state index contributed by atoms with van der Waals surface area (Å²) in [6.07, 6.45) is 2.03. The summed E-state index contributed by atoms with van der Waals surface area (Å²) in [5.41, 5.74) is 1.93. The lowest BCUT2D eigenvalue weighted by molar-refractivity contribution is 1.09. The summed E-state index contributed by atoms with van der Waals surface area (Å²) in [6.45, 7) is 6.08. The van der Waals surface area contributed by atoms with Crippen LogP contribution in [0.25, 0.3) is 0 Å². The van der Waals surface area contributed by atoms with Crippen molar-refractivity contribution in [2.45, 2.75) is 33.6 Å². The number of rotatable bonds is 2. The minimum atomic E-state index is 0.714. The summed E-state index contributed by atoms with van der Waals surface area (Å²) in [5.74, 6) is 0. The van der Waals surface area contributed by atoms with Gasteiger partial charge in [-0.05, 0) is 12.5 Å². The Kier molecular flexibility index (Phi) is 6.89. The predicted octanol–water partition coefficient (Wildman–Crippen LogP) is 3.69. The van der Waals surface area contributed by atoms with Crippen molar-refractivity contribution >= 4 is 5.71 Å². The van der Waals surface area contributed by atoms with Gasteiger partial charge in [0.15, 0.2) is 0 Å². The van der Waals surface area contributed by atoms with Gasteiger partial charge in [-0.2, -0.15) is 0 Å². The highest BCUT2D eigenvalue weighted by atomic mass is 14.4. The van der Waals surface area contributed by atoms with Crippen LogP contribution in [-0.4, -0.2) is 5.71 Å². The standard InChI is InChI=1S/C9H11N.C3H8/c1-8(10)7-9-5-3-2-4-6-9;1-3-2/h2-6,10H,7H2,1H3;3H2,1-2H3. The maximum atomic E-state index is 7.23. The first-order valence-corrected chi connectivity index (χ1v) is 4.78. The molecule has 1 aromatic rings. The molecule has 0 aliphatic rings. The molecule has 0 saturated carbocycles. The van der Waals surface area contributed by atoms with E-state index in [1.807, 2.05) is 37.3 Å². The molecule has 1 rings (SSSR count). The number of nitrogens with one attached hydrogen (secondary N) is 1. The molecule has 0 saturated heterocycles. The van der Waals surface area contributed by atoms with Gasteiger partial charge in [-0.15, -0.1) is 0 Å². The molecule has 0 amide bonds. The molecule has 0 aliphatic heterocycles. The Morgan fingerprint density at radius 2 is 1.62 bits per heavy atom. The van der Waals surface area contributed by atoms with Gasteiger partial charge in [0.05, 0.1) is 0 Å². The van der Waals surface area contributed by atoms with E-state index in [0.29, 0.717) is 5.71 Å². The third kappa shape index (κ3) is 7.26. The average molecular weight is 177 g/mol. The maximum absolute atomic E-state index is 7.23. The van der Waals surface area contributed by atoms with Crippen molar-refractivity contribution in [2.24, 2.45) is 0 Å². The molecule has 13 heavy (non-hydrogen) atoms. The van der Waals surface area contributed by atoms with Gasteiger partial charge in [-0.25, -0.2) is 0 Å². The zero-order chi connectivity index (χ0) is 10.1. The fourth-order valence-electron chi connectivity index (χ4n) is 0.902. The van der Waals surface area contributed by atoms with E-state index >= 15 is 0 Å². The molecule has 0 aliphatic carbocycles. The van der Waals surface area contributed by atoms with Gasteiger partial charge in [0.25, 0.3) is 0 Å². The molecule has 1 nitrogen and oxygen atoms in total. The van der Waals surface area contributed by atoms with Gasteiger partial charge >= 0.3 is 0 Å². The minimum absolute atomic E-state index is 0.714. The quantitative estimate of drug-likeness (QED) is 0.666. The monoisotopic (exact) mass is 177 g/mol. The van der Waals surface area contributed by atoms with Crippen LogP contribution >= 0.6 is 0 Å². The SMILES string of the molecule is CC(=N)Cc1ccccc1.CCC. The predicted molar refractivity (Wildman–Crippen MR) is 59.5 cm³/mol. The molecule has 0 bridgehead atoms. The second-order valence-electron chi connectivity index (χ2n) is 3.15. The topological polar surface area (TPSA) is 23.9 Å². The molecule has 0 radical (unpaired) electrons. The zero-order valence-electron chi connectivity index (χ0n) is 8.80. The largest absolute Gasteiger partial charge is 0.310 e. The lowest BCUT2D eigenvalue weighted by Gasteiger charge is -1.95. The highest BCUT2D eigenvalue weighted by molar-refractivity contribution is 5.80. The van der Waals surface area contributed by atoms with Crippen LogP contribution in [0.4, 0.5) is 0 Å². The minimum Gasteiger partial charge on any atom is -0.310 e. The Balaban J connectivity index is 0.000000424. The van der Waals surface area contributed by atoms with Crippen molar-refractivity contribution < 1.29 is 0 Å². The normalized spacial score (nSPS) is 8.54. The second kappa shape index (κ2) is 7.53. The molecular formula is C12H19N. The van der Waals surface area contributed by atoms with Crippen molar-refractivity contribution in [2.75, 3.05) is 0 Å². The first kappa shape index (κ1) is 11.9. The van der Waals surface area contributed by atoms with Crippen molar-refractivity contribution in [1.82, 2.24) is 0 Å². The van der Waals surface area contributed by atoms with Crippen LogP contribution in [-0.2, 0) is 6.42 Å². The molecule has 0 aromatic heterocycles. The van der Waals surface area contributed by atoms with E-state index < -0.39 is 0 Å². The van der Waals surface area contributed by atoms with E-state index in [1.165, 1.54) is 12.0 Å². The molecular weight excluding hydrogens is 158 g/mol. The summed E-state index contributed by atoms with van der Waals surface area (Å²) >= 11 is 0. The van der Waals surface area contributed by atoms with Crippen LogP contribution in [0.5, 0.6) is 0 Å². The van der Waals surface area contributed by atoms with Crippen molar-refractivity contribution in [3.05, 3.63) is 35.9 Å². The summed E-state index contributed by atoms with van der Waals surface area (Å²) < 4.78 is 0. The van der Waals surface area contributed by atoms with E-state index in [1.54, 1.807) is 0 Å². The van der Waals surface area contributed by atoms with E-state index in [4.69, 9.17) is 5.41 Å². The third-order valence-electron chi connectivity index (χ3n) is 1.31. The highest BCUT2D eigenvalue weighted by Crippen LogP contribution is 1.99. The van der Waals surface area contributed by atoms with Crippen molar-refractivity contribution in [1.29, 1.82) is 5.41 Å². The van der Waals surface area contributed by atoms with Gasteiger partial charge in [-0.1, -0.05) is 50.6 Å². The van der Waals surface area contributed by atoms with Gasteiger partial charge in [0.1, 0.15) is 0 Å². The summed E-state index contributed by atoms with van der Waals surface area (Å²) in [6, 6.07) is 10.1. The molecule has 0 unspecified atom stereocenters. The summed E-state index contributed by atoms with van der Waals surface area (Å²) in [4.78, 5) is 0. The summed E-state index contributed by atoms with van der Waals surface area (Å²) in [7, 11) is 0. The van der Waals surface area contributed by atoms with Crippen LogP contribution in [0.3, 0.4) is 0 Å². The molecule has 1 aromatic carbocycles. The Hall–Kier alpha value is -1.11. The molecule has 0 spiro atoms. The third-order valence-corrected chi connectivity index (χ3v) is 1.31. The van der Waals surface area contributed by atoms with Crippen LogP contribution < -0.4 is 0 Å². The van der Waals surface area contributed by atoms with E-state index in [2.05, 4.69) is 13.8 Å². The Morgan fingerprint density at radius 1 is 1.15 bits per heavy atom. The molecule has 0 heterocycles. The van der Waals surface area contributed by atoms with Gasteiger partial charge in [0.2, 0.25) is 0 Å². The zero-order valence-corrected chi connectivity index (χ0v) is 8.80. The maximum Gasteiger partial charge on any atom is 0.0102 e. The van der Waals surface area contributed by atoms with Gasteiger partial charge < -0.3 is 5.41 Å². The molecule has 0 fully saturated rings. The molecule has 1 N–H and O–H groups in total. The fraction of sp³-hybridized carbons (Fsp3) is 0.417. The summed E-state index contributed by atoms with van der Waals surface area (Å²) in [5, 5.41) is 7.23. The molecule has 1 heteroatoms. The Bertz CT molecular complexity index is 226. The second-order valence-corrected chi connectivity index (χ2v) is 3.15. The number of hydrogen-bond donors (Lipinski definition) is 1. The van der Waals surface area contributed by atoms with Crippen LogP contribution in [0.2, 0.25) is 0 Å². The van der Waals surface area contributed by atoms with E-state index in [0.717, 1.165) is 6.42 Å². The first-order chi connectivity index (χ1) is 6.20. The first-order valence-electron chi connectivity index (χ1n) is 4.78. The Labute approximate surface area is 81.3 Å². The fourth-order valence-corrected chi connectivity index (χ4v) is 0.902. The lowest BCUT2D eigenvalue weighted by atomic mass is 10.1. The van der Waals surface area contributed by atoms with E-state index in [-0.39, 0.29) is 0 Å². The van der Waals surface area contributed by atoms with Crippen LogP contribution in [0.15, 0.2) is 30.3 Å². The highest BCUT2D eigenvalue weighted by Gasteiger charge is 1.90. The average Bonchev–Trinajstić information content (AvgIpc) is 2.06. The number of benzene rings is 1. The lowest BCUT2D eigenvalue weighted by Crippen LogP contribution is -1.93. The van der Waals surface area contributed by atoms with Gasteiger partial charge in [-0.3, -0.25) is 0 Å². The molecule has 0 atom stereocenters. The van der Waals surface area contributed by atoms with Gasteiger partial charge in [0, 0.05) is 12.1 Å². The van der Waals surface area contributed by atoms with Crippen LogP contribution in [0, 0.1) is 5.41 Å². The smallest absolute Gasteiger partial charge is 0.0102 e. The van der Waals surface area contributed by atoms with Crippen molar-refractivity contribution in [3.8, 4) is 0 Å². The Morgan fingerprint density at radius 3 is 2.00 bits per heavy atom. The molecule has 72 valence electrons. The number of hydrogen-bond acceptors (Lipinski definition) is 1. The van der Waals surface area contributed by atoms with Crippen LogP contribution in [0.1, 0.15) is 32.8 Å². The van der Waals surface area contributed by atoms with E-state index in [9.17, 15) is 0 Å².